The largest absolute Gasteiger partial charge is 0.493 e. The number of carbonyl (C=O) groups is 1. The van der Waals surface area contributed by atoms with Gasteiger partial charge in [-0.05, 0) is 36.4 Å². The van der Waals surface area contributed by atoms with Gasteiger partial charge in [-0.2, -0.15) is 0 Å². The molecular formula is C16H17FN2O2. The fraction of sp³-hybridized carbons (Fsp3) is 0.188. The van der Waals surface area contributed by atoms with Crippen molar-refractivity contribution in [3.8, 4) is 5.75 Å². The van der Waals surface area contributed by atoms with Crippen LogP contribution in [-0.2, 0) is 4.79 Å². The van der Waals surface area contributed by atoms with Crippen LogP contribution in [0.5, 0.6) is 5.75 Å². The van der Waals surface area contributed by atoms with Crippen molar-refractivity contribution >= 4 is 17.3 Å². The zero-order chi connectivity index (χ0) is 15.1. The first-order valence-corrected chi connectivity index (χ1v) is 6.64. The maximum atomic E-state index is 13.4. The zero-order valence-corrected chi connectivity index (χ0v) is 11.7. The molecule has 0 aromatic heterocycles. The van der Waals surface area contributed by atoms with Crippen molar-refractivity contribution in [1.82, 2.24) is 0 Å². The van der Waals surface area contributed by atoms with Crippen molar-refractivity contribution < 1.29 is 13.9 Å². The molecule has 0 unspecified atom stereocenters. The van der Waals surface area contributed by atoms with E-state index in [1.165, 1.54) is 12.1 Å². The Kier molecular flexibility index (Phi) is 5.15. The molecule has 0 spiro atoms. The van der Waals surface area contributed by atoms with Gasteiger partial charge in [0.25, 0.3) is 0 Å². The van der Waals surface area contributed by atoms with E-state index in [4.69, 9.17) is 4.74 Å². The fourth-order valence-corrected chi connectivity index (χ4v) is 1.75. The number of ether oxygens (including phenoxy) is 1. The first kappa shape index (κ1) is 14.8. The van der Waals surface area contributed by atoms with E-state index in [9.17, 15) is 9.18 Å². The number of amides is 1. The number of para-hydroxylation sites is 1. The molecule has 5 heteroatoms. The molecule has 0 heterocycles. The first-order valence-electron chi connectivity index (χ1n) is 6.64. The summed E-state index contributed by atoms with van der Waals surface area (Å²) in [5.41, 5.74) is 1.17. The molecule has 0 aliphatic carbocycles. The molecular weight excluding hydrogens is 271 g/mol. The zero-order valence-electron chi connectivity index (χ0n) is 11.7. The minimum Gasteiger partial charge on any atom is -0.493 e. The minimum atomic E-state index is -0.450. The van der Waals surface area contributed by atoms with Crippen molar-refractivity contribution in [3.63, 3.8) is 0 Å². The van der Waals surface area contributed by atoms with Gasteiger partial charge in [-0.15, -0.1) is 0 Å². The summed E-state index contributed by atoms with van der Waals surface area (Å²) in [5, 5.41) is 5.52. The normalized spacial score (nSPS) is 10.0. The van der Waals surface area contributed by atoms with Crippen LogP contribution < -0.4 is 15.4 Å². The number of hydrogen-bond acceptors (Lipinski definition) is 3. The summed E-state index contributed by atoms with van der Waals surface area (Å²) in [4.78, 5) is 11.7. The van der Waals surface area contributed by atoms with Crippen LogP contribution in [0.3, 0.4) is 0 Å². The highest BCUT2D eigenvalue weighted by Gasteiger charge is 2.06. The second kappa shape index (κ2) is 7.28. The number of hydrogen-bond donors (Lipinski definition) is 2. The summed E-state index contributed by atoms with van der Waals surface area (Å²) in [6.45, 7) is 0.235. The van der Waals surface area contributed by atoms with Crippen LogP contribution in [0.15, 0.2) is 48.5 Å². The summed E-state index contributed by atoms with van der Waals surface area (Å²) in [6.07, 6.45) is 0.155. The van der Waals surface area contributed by atoms with Gasteiger partial charge in [0, 0.05) is 12.7 Å². The molecule has 1 amide bonds. The van der Waals surface area contributed by atoms with Gasteiger partial charge in [-0.25, -0.2) is 4.39 Å². The molecule has 0 atom stereocenters. The smallest absolute Gasteiger partial charge is 0.227 e. The van der Waals surface area contributed by atoms with Crippen molar-refractivity contribution in [2.75, 3.05) is 24.3 Å². The van der Waals surface area contributed by atoms with Crippen LogP contribution in [-0.4, -0.2) is 19.6 Å². The van der Waals surface area contributed by atoms with Crippen LogP contribution in [0.2, 0.25) is 0 Å². The average Bonchev–Trinajstić information content (AvgIpc) is 2.50. The van der Waals surface area contributed by atoms with Crippen molar-refractivity contribution in [2.45, 2.75) is 6.42 Å². The Morgan fingerprint density at radius 3 is 2.52 bits per heavy atom. The van der Waals surface area contributed by atoms with E-state index in [0.717, 1.165) is 5.69 Å². The third-order valence-corrected chi connectivity index (χ3v) is 2.89. The van der Waals surface area contributed by atoms with Gasteiger partial charge in [-0.1, -0.05) is 12.1 Å². The number of rotatable bonds is 6. The van der Waals surface area contributed by atoms with Crippen molar-refractivity contribution in [2.24, 2.45) is 0 Å². The average molecular weight is 288 g/mol. The van der Waals surface area contributed by atoms with E-state index in [1.54, 1.807) is 12.1 Å². The molecule has 0 aliphatic rings. The molecule has 2 rings (SSSR count). The number of anilines is 2. The number of halogens is 1. The SMILES string of the molecule is CNc1ccc(OCCC(=O)Nc2ccccc2F)cc1. The Labute approximate surface area is 122 Å². The van der Waals surface area contributed by atoms with Gasteiger partial charge >= 0.3 is 0 Å². The quantitative estimate of drug-likeness (QED) is 0.857. The molecule has 0 radical (unpaired) electrons. The van der Waals surface area contributed by atoms with Gasteiger partial charge in [0.05, 0.1) is 18.7 Å². The van der Waals surface area contributed by atoms with Gasteiger partial charge in [-0.3, -0.25) is 4.79 Å². The summed E-state index contributed by atoms with van der Waals surface area (Å²) in [5.74, 6) is -0.0472. The molecule has 0 aliphatic heterocycles. The number of benzene rings is 2. The van der Waals surface area contributed by atoms with E-state index >= 15 is 0 Å². The second-order valence-electron chi connectivity index (χ2n) is 4.40. The van der Waals surface area contributed by atoms with E-state index in [1.807, 2.05) is 31.3 Å². The van der Waals surface area contributed by atoms with Crippen LogP contribution in [0, 0.1) is 5.82 Å². The fourth-order valence-electron chi connectivity index (χ4n) is 1.75. The Balaban J connectivity index is 1.77. The van der Waals surface area contributed by atoms with Crippen LogP contribution in [0.25, 0.3) is 0 Å². The summed E-state index contributed by atoms with van der Waals surface area (Å²) >= 11 is 0. The molecule has 2 aromatic carbocycles. The minimum absolute atomic E-state index is 0.155. The molecule has 110 valence electrons. The Morgan fingerprint density at radius 1 is 1.14 bits per heavy atom. The lowest BCUT2D eigenvalue weighted by Crippen LogP contribution is -2.15. The molecule has 4 nitrogen and oxygen atoms in total. The predicted molar refractivity (Wildman–Crippen MR) is 81.1 cm³/mol. The highest BCUT2D eigenvalue weighted by atomic mass is 19.1. The highest BCUT2D eigenvalue weighted by molar-refractivity contribution is 5.90. The van der Waals surface area contributed by atoms with Gasteiger partial charge in [0.1, 0.15) is 11.6 Å². The lowest BCUT2D eigenvalue weighted by Gasteiger charge is -2.08. The molecule has 2 aromatic rings. The number of nitrogens with one attached hydrogen (secondary N) is 2. The van der Waals surface area contributed by atoms with Gasteiger partial charge in [0.15, 0.2) is 0 Å². The van der Waals surface area contributed by atoms with Crippen LogP contribution in [0.4, 0.5) is 15.8 Å². The standard InChI is InChI=1S/C16H17FN2O2/c1-18-12-6-8-13(9-7-12)21-11-10-16(20)19-15-5-3-2-4-14(15)17/h2-9,18H,10-11H2,1H3,(H,19,20). The lowest BCUT2D eigenvalue weighted by molar-refractivity contribution is -0.116. The Bertz CT molecular complexity index is 599. The van der Waals surface area contributed by atoms with Crippen molar-refractivity contribution in [3.05, 3.63) is 54.3 Å². The third kappa shape index (κ3) is 4.49. The Morgan fingerprint density at radius 2 is 1.86 bits per heavy atom. The summed E-state index contributed by atoms with van der Waals surface area (Å²) in [7, 11) is 1.84. The Hall–Kier alpha value is -2.56. The van der Waals surface area contributed by atoms with Gasteiger partial charge in [0.2, 0.25) is 5.91 Å². The topological polar surface area (TPSA) is 50.4 Å². The van der Waals surface area contributed by atoms with E-state index in [0.29, 0.717) is 5.75 Å². The predicted octanol–water partition coefficient (Wildman–Crippen LogP) is 3.28. The molecule has 0 saturated carbocycles. The molecule has 2 N–H and O–H groups in total. The second-order valence-corrected chi connectivity index (χ2v) is 4.40. The summed E-state index contributed by atoms with van der Waals surface area (Å²) < 4.78 is 18.8. The summed E-state index contributed by atoms with van der Waals surface area (Å²) in [6, 6.07) is 13.5. The molecule has 21 heavy (non-hydrogen) atoms. The number of carbonyl (C=O) groups excluding carboxylic acids is 1. The molecule has 0 bridgehead atoms. The molecule has 0 saturated heterocycles. The van der Waals surface area contributed by atoms with E-state index in [2.05, 4.69) is 10.6 Å². The third-order valence-electron chi connectivity index (χ3n) is 2.89. The lowest BCUT2D eigenvalue weighted by atomic mass is 10.3. The maximum Gasteiger partial charge on any atom is 0.227 e. The van der Waals surface area contributed by atoms with Crippen LogP contribution in [0.1, 0.15) is 6.42 Å². The van der Waals surface area contributed by atoms with E-state index in [-0.39, 0.29) is 24.6 Å². The van der Waals surface area contributed by atoms with Crippen LogP contribution >= 0.6 is 0 Å². The first-order chi connectivity index (χ1) is 10.2. The van der Waals surface area contributed by atoms with Crippen molar-refractivity contribution in [1.29, 1.82) is 0 Å². The highest BCUT2D eigenvalue weighted by Crippen LogP contribution is 2.16. The van der Waals surface area contributed by atoms with Gasteiger partial charge < -0.3 is 15.4 Å². The molecule has 0 fully saturated rings. The maximum absolute atomic E-state index is 13.4. The van der Waals surface area contributed by atoms with E-state index < -0.39 is 5.82 Å². The monoisotopic (exact) mass is 288 g/mol.